The second kappa shape index (κ2) is 4.75. The van der Waals surface area contributed by atoms with Crippen molar-refractivity contribution < 1.29 is 0 Å². The van der Waals surface area contributed by atoms with E-state index in [-0.39, 0.29) is 0 Å². The van der Waals surface area contributed by atoms with Gasteiger partial charge in [-0.15, -0.1) is 0 Å². The van der Waals surface area contributed by atoms with Gasteiger partial charge in [-0.1, -0.05) is 32.1 Å². The van der Waals surface area contributed by atoms with E-state index in [1.807, 2.05) is 25.1 Å². The van der Waals surface area contributed by atoms with Gasteiger partial charge in [0.15, 0.2) is 5.82 Å². The Morgan fingerprint density at radius 3 is 2.76 bits per heavy atom. The summed E-state index contributed by atoms with van der Waals surface area (Å²) in [6, 6.07) is 5.84. The molecule has 0 radical (unpaired) electrons. The highest BCUT2D eigenvalue weighted by Gasteiger charge is 2.08. The van der Waals surface area contributed by atoms with Gasteiger partial charge in [-0.25, -0.2) is 4.98 Å². The Bertz CT molecular complexity index is 587. The minimum absolute atomic E-state index is 0.391. The number of pyridine rings is 1. The van der Waals surface area contributed by atoms with E-state index >= 15 is 0 Å². The van der Waals surface area contributed by atoms with E-state index in [2.05, 4.69) is 28.8 Å². The molecule has 88 valence electrons. The van der Waals surface area contributed by atoms with Crippen LogP contribution in [0.1, 0.15) is 31.0 Å². The van der Waals surface area contributed by atoms with Gasteiger partial charge in [-0.2, -0.15) is 0 Å². The Hall–Kier alpha value is -1.55. The molecule has 2 heterocycles. The van der Waals surface area contributed by atoms with Crippen LogP contribution in [0.4, 0.5) is 0 Å². The van der Waals surface area contributed by atoms with Crippen LogP contribution >= 0.6 is 12.2 Å². The fraction of sp³-hybridized carbons (Fsp3) is 0.308. The zero-order valence-electron chi connectivity index (χ0n) is 10.2. The second-order valence-corrected chi connectivity index (χ2v) is 4.77. The van der Waals surface area contributed by atoms with E-state index in [0.29, 0.717) is 10.6 Å². The van der Waals surface area contributed by atoms with Crippen LogP contribution in [-0.2, 0) is 0 Å². The minimum Gasteiger partial charge on any atom is -0.342 e. The standard InChI is InChI=1S/C13H15N3S/c1-8(2)10-7-11(17)16-13(15-10)12-9(3)5-4-6-14-12/h4-8H,1-3H3,(H,15,16,17). The van der Waals surface area contributed by atoms with Crippen LogP contribution in [-0.4, -0.2) is 15.0 Å². The molecule has 0 aliphatic carbocycles. The molecule has 0 aliphatic heterocycles. The lowest BCUT2D eigenvalue weighted by molar-refractivity contribution is 0.813. The molecule has 3 nitrogen and oxygen atoms in total. The second-order valence-electron chi connectivity index (χ2n) is 4.35. The number of hydrogen-bond acceptors (Lipinski definition) is 3. The molecule has 17 heavy (non-hydrogen) atoms. The molecule has 0 spiro atoms. The smallest absolute Gasteiger partial charge is 0.158 e. The molecule has 2 rings (SSSR count). The van der Waals surface area contributed by atoms with Gasteiger partial charge < -0.3 is 4.98 Å². The summed E-state index contributed by atoms with van der Waals surface area (Å²) < 4.78 is 0.604. The monoisotopic (exact) mass is 245 g/mol. The molecule has 0 saturated carbocycles. The molecule has 0 fully saturated rings. The molecular weight excluding hydrogens is 230 g/mol. The van der Waals surface area contributed by atoms with Crippen molar-refractivity contribution in [2.24, 2.45) is 0 Å². The largest absolute Gasteiger partial charge is 0.342 e. The van der Waals surface area contributed by atoms with Crippen molar-refractivity contribution in [1.29, 1.82) is 0 Å². The van der Waals surface area contributed by atoms with Gasteiger partial charge >= 0.3 is 0 Å². The zero-order valence-corrected chi connectivity index (χ0v) is 11.0. The average Bonchev–Trinajstić information content (AvgIpc) is 2.28. The maximum Gasteiger partial charge on any atom is 0.158 e. The first-order valence-electron chi connectivity index (χ1n) is 5.61. The number of aromatic amines is 1. The summed E-state index contributed by atoms with van der Waals surface area (Å²) in [6.45, 7) is 6.26. The third kappa shape index (κ3) is 2.58. The first-order chi connectivity index (χ1) is 8.08. The van der Waals surface area contributed by atoms with Crippen LogP contribution in [0.2, 0.25) is 0 Å². The van der Waals surface area contributed by atoms with E-state index in [4.69, 9.17) is 12.2 Å². The highest BCUT2D eigenvalue weighted by molar-refractivity contribution is 7.71. The lowest BCUT2D eigenvalue weighted by atomic mass is 10.1. The van der Waals surface area contributed by atoms with Crippen molar-refractivity contribution in [2.45, 2.75) is 26.7 Å². The van der Waals surface area contributed by atoms with Crippen molar-refractivity contribution in [2.75, 3.05) is 0 Å². The van der Waals surface area contributed by atoms with Crippen molar-refractivity contribution >= 4 is 12.2 Å². The minimum atomic E-state index is 0.391. The predicted octanol–water partition coefficient (Wildman–Crippen LogP) is 3.63. The molecule has 0 amide bonds. The fourth-order valence-corrected chi connectivity index (χ4v) is 1.85. The molecule has 0 atom stereocenters. The van der Waals surface area contributed by atoms with Gasteiger partial charge in [0.25, 0.3) is 0 Å². The van der Waals surface area contributed by atoms with Gasteiger partial charge in [0.2, 0.25) is 0 Å². The summed E-state index contributed by atoms with van der Waals surface area (Å²) in [7, 11) is 0. The number of H-pyrrole nitrogens is 1. The number of rotatable bonds is 2. The molecule has 2 aromatic heterocycles. The first-order valence-corrected chi connectivity index (χ1v) is 6.02. The summed E-state index contributed by atoms with van der Waals surface area (Å²) in [4.78, 5) is 12.0. The van der Waals surface area contributed by atoms with Crippen LogP contribution in [0.25, 0.3) is 11.5 Å². The Kier molecular flexibility index (Phi) is 3.33. The zero-order chi connectivity index (χ0) is 12.4. The Morgan fingerprint density at radius 1 is 1.35 bits per heavy atom. The summed E-state index contributed by atoms with van der Waals surface area (Å²) >= 11 is 5.19. The summed E-state index contributed by atoms with van der Waals surface area (Å²) in [6.07, 6.45) is 1.77. The van der Waals surface area contributed by atoms with Crippen molar-refractivity contribution in [3.63, 3.8) is 0 Å². The fourth-order valence-electron chi connectivity index (χ4n) is 1.63. The van der Waals surface area contributed by atoms with Gasteiger partial charge in [-0.05, 0) is 30.5 Å². The van der Waals surface area contributed by atoms with E-state index in [1.165, 1.54) is 0 Å². The Labute approximate surface area is 106 Å². The van der Waals surface area contributed by atoms with Crippen molar-refractivity contribution in [3.05, 3.63) is 40.3 Å². The van der Waals surface area contributed by atoms with Crippen LogP contribution in [0.5, 0.6) is 0 Å². The van der Waals surface area contributed by atoms with Gasteiger partial charge in [-0.3, -0.25) is 4.98 Å². The van der Waals surface area contributed by atoms with Crippen LogP contribution < -0.4 is 0 Å². The van der Waals surface area contributed by atoms with Crippen LogP contribution in [0, 0.1) is 11.6 Å². The SMILES string of the molecule is Cc1cccnc1-c1nc(=S)cc(C(C)C)[nH]1. The summed E-state index contributed by atoms with van der Waals surface area (Å²) in [5.74, 6) is 1.14. The number of hydrogen-bond donors (Lipinski definition) is 1. The topological polar surface area (TPSA) is 41.6 Å². The molecule has 4 heteroatoms. The average molecular weight is 245 g/mol. The molecule has 0 bridgehead atoms. The highest BCUT2D eigenvalue weighted by Crippen LogP contribution is 2.19. The number of aromatic nitrogens is 3. The Balaban J connectivity index is 2.60. The molecular formula is C13H15N3S. The third-order valence-corrected chi connectivity index (χ3v) is 2.83. The summed E-state index contributed by atoms with van der Waals surface area (Å²) in [5, 5.41) is 0. The molecule has 2 aromatic rings. The van der Waals surface area contributed by atoms with Crippen LogP contribution in [0.3, 0.4) is 0 Å². The van der Waals surface area contributed by atoms with Crippen molar-refractivity contribution in [3.8, 4) is 11.5 Å². The lowest BCUT2D eigenvalue weighted by Crippen LogP contribution is -2.00. The molecule has 1 N–H and O–H groups in total. The third-order valence-electron chi connectivity index (χ3n) is 2.62. The van der Waals surface area contributed by atoms with E-state index < -0.39 is 0 Å². The Morgan fingerprint density at radius 2 is 2.12 bits per heavy atom. The van der Waals surface area contributed by atoms with Gasteiger partial charge in [0.1, 0.15) is 10.3 Å². The van der Waals surface area contributed by atoms with Crippen LogP contribution in [0.15, 0.2) is 24.4 Å². The van der Waals surface area contributed by atoms with E-state index in [1.54, 1.807) is 6.20 Å². The van der Waals surface area contributed by atoms with E-state index in [9.17, 15) is 0 Å². The highest BCUT2D eigenvalue weighted by atomic mass is 32.1. The first kappa shape index (κ1) is 11.9. The maximum atomic E-state index is 5.19. The maximum absolute atomic E-state index is 5.19. The van der Waals surface area contributed by atoms with E-state index in [0.717, 1.165) is 22.8 Å². The predicted molar refractivity (Wildman–Crippen MR) is 71.5 cm³/mol. The molecule has 0 unspecified atom stereocenters. The quantitative estimate of drug-likeness (QED) is 0.821. The van der Waals surface area contributed by atoms with Gasteiger partial charge in [0.05, 0.1) is 0 Å². The number of nitrogens with one attached hydrogen (secondary N) is 1. The molecule has 0 aromatic carbocycles. The number of aryl methyl sites for hydroxylation is 1. The number of nitrogens with zero attached hydrogens (tertiary/aromatic N) is 2. The van der Waals surface area contributed by atoms with Gasteiger partial charge in [0, 0.05) is 11.9 Å². The lowest BCUT2D eigenvalue weighted by Gasteiger charge is -2.09. The molecule has 0 aliphatic rings. The normalized spacial score (nSPS) is 10.8. The van der Waals surface area contributed by atoms with Crippen molar-refractivity contribution in [1.82, 2.24) is 15.0 Å². The summed E-state index contributed by atoms with van der Waals surface area (Å²) in [5.41, 5.74) is 3.04. The molecule has 0 saturated heterocycles.